The number of nitriles is 1. The SMILES string of the molecule is CCCC(C)(O)CNCc1cccnc1C#N. The molecule has 0 aliphatic heterocycles. The Morgan fingerprint density at radius 2 is 2.35 bits per heavy atom. The molecule has 0 amide bonds. The quantitative estimate of drug-likeness (QED) is 0.783. The van der Waals surface area contributed by atoms with Crippen LogP contribution in [0.2, 0.25) is 0 Å². The minimum absolute atomic E-state index is 0.440. The number of aliphatic hydroxyl groups is 1. The highest BCUT2D eigenvalue weighted by Crippen LogP contribution is 2.11. The highest BCUT2D eigenvalue weighted by atomic mass is 16.3. The number of hydrogen-bond acceptors (Lipinski definition) is 4. The lowest BCUT2D eigenvalue weighted by Gasteiger charge is -2.23. The van der Waals surface area contributed by atoms with Gasteiger partial charge in [0.05, 0.1) is 5.60 Å². The van der Waals surface area contributed by atoms with E-state index in [9.17, 15) is 5.11 Å². The van der Waals surface area contributed by atoms with E-state index in [1.165, 1.54) is 0 Å². The van der Waals surface area contributed by atoms with E-state index in [0.29, 0.717) is 18.8 Å². The van der Waals surface area contributed by atoms with Gasteiger partial charge in [-0.3, -0.25) is 0 Å². The monoisotopic (exact) mass is 233 g/mol. The van der Waals surface area contributed by atoms with Crippen molar-refractivity contribution in [1.29, 1.82) is 5.26 Å². The molecule has 1 aromatic rings. The molecule has 2 N–H and O–H groups in total. The lowest BCUT2D eigenvalue weighted by Crippen LogP contribution is -2.37. The molecule has 0 saturated heterocycles. The molecule has 1 aromatic heterocycles. The zero-order valence-electron chi connectivity index (χ0n) is 10.4. The van der Waals surface area contributed by atoms with E-state index in [4.69, 9.17) is 5.26 Å². The van der Waals surface area contributed by atoms with E-state index < -0.39 is 5.60 Å². The van der Waals surface area contributed by atoms with E-state index >= 15 is 0 Å². The zero-order valence-corrected chi connectivity index (χ0v) is 10.4. The standard InChI is InChI=1S/C13H19N3O/c1-3-6-13(2,17)10-15-9-11-5-4-7-16-12(11)8-14/h4-5,7,15,17H,3,6,9-10H2,1-2H3. The Morgan fingerprint density at radius 3 is 3.00 bits per heavy atom. The first-order valence-electron chi connectivity index (χ1n) is 5.86. The summed E-state index contributed by atoms with van der Waals surface area (Å²) in [4.78, 5) is 3.98. The van der Waals surface area contributed by atoms with Crippen LogP contribution in [-0.2, 0) is 6.54 Å². The number of aromatic nitrogens is 1. The van der Waals surface area contributed by atoms with Gasteiger partial charge in [0.15, 0.2) is 0 Å². The van der Waals surface area contributed by atoms with Gasteiger partial charge in [0.2, 0.25) is 0 Å². The second-order valence-corrected chi connectivity index (χ2v) is 4.47. The molecule has 0 aliphatic rings. The molecule has 4 nitrogen and oxygen atoms in total. The highest BCUT2D eigenvalue weighted by molar-refractivity contribution is 5.30. The third-order valence-electron chi connectivity index (χ3n) is 2.61. The molecule has 1 unspecified atom stereocenters. The summed E-state index contributed by atoms with van der Waals surface area (Å²) in [6, 6.07) is 5.73. The van der Waals surface area contributed by atoms with Gasteiger partial charge < -0.3 is 10.4 Å². The molecule has 0 bridgehead atoms. The number of nitrogens with zero attached hydrogens (tertiary/aromatic N) is 2. The smallest absolute Gasteiger partial charge is 0.144 e. The largest absolute Gasteiger partial charge is 0.389 e. The van der Waals surface area contributed by atoms with Crippen LogP contribution in [0, 0.1) is 11.3 Å². The maximum atomic E-state index is 9.98. The first-order chi connectivity index (χ1) is 8.09. The van der Waals surface area contributed by atoms with Gasteiger partial charge in [0.25, 0.3) is 0 Å². The molecule has 0 aliphatic carbocycles. The summed E-state index contributed by atoms with van der Waals surface area (Å²) in [6.07, 6.45) is 3.32. The molecule has 1 atom stereocenters. The van der Waals surface area contributed by atoms with Crippen LogP contribution in [0.3, 0.4) is 0 Å². The van der Waals surface area contributed by atoms with Gasteiger partial charge >= 0.3 is 0 Å². The summed E-state index contributed by atoms with van der Waals surface area (Å²) in [6.45, 7) is 4.93. The van der Waals surface area contributed by atoms with Gasteiger partial charge in [-0.15, -0.1) is 0 Å². The summed E-state index contributed by atoms with van der Waals surface area (Å²) in [5.41, 5.74) is 0.612. The Kier molecular flexibility index (Phi) is 5.08. The topological polar surface area (TPSA) is 68.9 Å². The molecule has 1 rings (SSSR count). The maximum Gasteiger partial charge on any atom is 0.144 e. The molecule has 0 radical (unpaired) electrons. The molecular weight excluding hydrogens is 214 g/mol. The van der Waals surface area contributed by atoms with Gasteiger partial charge in [0.1, 0.15) is 11.8 Å². The van der Waals surface area contributed by atoms with Crippen LogP contribution < -0.4 is 5.32 Å². The fraction of sp³-hybridized carbons (Fsp3) is 0.538. The van der Waals surface area contributed by atoms with Crippen molar-refractivity contribution in [3.8, 4) is 6.07 Å². The van der Waals surface area contributed by atoms with Gasteiger partial charge in [-0.25, -0.2) is 4.98 Å². The minimum atomic E-state index is -0.691. The third-order valence-corrected chi connectivity index (χ3v) is 2.61. The van der Waals surface area contributed by atoms with E-state index in [1.807, 2.05) is 26.0 Å². The average Bonchev–Trinajstić information content (AvgIpc) is 2.29. The summed E-state index contributed by atoms with van der Waals surface area (Å²) in [7, 11) is 0. The third kappa shape index (κ3) is 4.51. The molecular formula is C13H19N3O. The van der Waals surface area contributed by atoms with Crippen LogP contribution in [0.15, 0.2) is 18.3 Å². The number of nitrogens with one attached hydrogen (secondary N) is 1. The highest BCUT2D eigenvalue weighted by Gasteiger charge is 2.18. The second-order valence-electron chi connectivity index (χ2n) is 4.47. The lowest BCUT2D eigenvalue weighted by molar-refractivity contribution is 0.0498. The molecule has 17 heavy (non-hydrogen) atoms. The number of pyridine rings is 1. The first-order valence-corrected chi connectivity index (χ1v) is 5.86. The Balaban J connectivity index is 2.49. The van der Waals surface area contributed by atoms with Crippen LogP contribution in [0.4, 0.5) is 0 Å². The van der Waals surface area contributed by atoms with Crippen molar-refractivity contribution in [2.75, 3.05) is 6.54 Å². The Bertz CT molecular complexity index is 396. The zero-order chi connectivity index (χ0) is 12.7. The predicted octanol–water partition coefficient (Wildman–Crippen LogP) is 1.59. The predicted molar refractivity (Wildman–Crippen MR) is 66.2 cm³/mol. The van der Waals surface area contributed by atoms with E-state index in [-0.39, 0.29) is 0 Å². The Morgan fingerprint density at radius 1 is 1.59 bits per heavy atom. The molecule has 0 fully saturated rings. The van der Waals surface area contributed by atoms with E-state index in [0.717, 1.165) is 18.4 Å². The summed E-state index contributed by atoms with van der Waals surface area (Å²) < 4.78 is 0. The van der Waals surface area contributed by atoms with Crippen molar-refractivity contribution in [2.24, 2.45) is 0 Å². The van der Waals surface area contributed by atoms with Crippen LogP contribution in [-0.4, -0.2) is 22.2 Å². The van der Waals surface area contributed by atoms with Crippen molar-refractivity contribution in [3.05, 3.63) is 29.6 Å². The van der Waals surface area contributed by atoms with Gasteiger partial charge in [-0.2, -0.15) is 5.26 Å². The lowest BCUT2D eigenvalue weighted by atomic mass is 10.0. The van der Waals surface area contributed by atoms with Crippen molar-refractivity contribution in [2.45, 2.75) is 38.8 Å². The van der Waals surface area contributed by atoms with Crippen molar-refractivity contribution >= 4 is 0 Å². The summed E-state index contributed by atoms with van der Waals surface area (Å²) >= 11 is 0. The average molecular weight is 233 g/mol. The first kappa shape index (κ1) is 13.6. The minimum Gasteiger partial charge on any atom is -0.389 e. The van der Waals surface area contributed by atoms with Gasteiger partial charge in [-0.1, -0.05) is 19.4 Å². The van der Waals surface area contributed by atoms with Crippen LogP contribution >= 0.6 is 0 Å². The van der Waals surface area contributed by atoms with Gasteiger partial charge in [0, 0.05) is 24.8 Å². The molecule has 0 aromatic carbocycles. The van der Waals surface area contributed by atoms with Gasteiger partial charge in [-0.05, 0) is 19.4 Å². The number of rotatable bonds is 6. The Labute approximate surface area is 102 Å². The molecule has 92 valence electrons. The van der Waals surface area contributed by atoms with Crippen molar-refractivity contribution in [1.82, 2.24) is 10.3 Å². The molecule has 0 spiro atoms. The van der Waals surface area contributed by atoms with Crippen LogP contribution in [0.25, 0.3) is 0 Å². The second kappa shape index (κ2) is 6.33. The maximum absolute atomic E-state index is 9.98. The van der Waals surface area contributed by atoms with Crippen LogP contribution in [0.5, 0.6) is 0 Å². The summed E-state index contributed by atoms with van der Waals surface area (Å²) in [5, 5.41) is 22.0. The fourth-order valence-electron chi connectivity index (χ4n) is 1.78. The fourth-order valence-corrected chi connectivity index (χ4v) is 1.78. The molecule has 4 heteroatoms. The van der Waals surface area contributed by atoms with Crippen molar-refractivity contribution in [3.63, 3.8) is 0 Å². The van der Waals surface area contributed by atoms with E-state index in [2.05, 4.69) is 16.4 Å². The van der Waals surface area contributed by atoms with Crippen LogP contribution in [0.1, 0.15) is 37.9 Å². The molecule has 1 heterocycles. The van der Waals surface area contributed by atoms with Crippen molar-refractivity contribution < 1.29 is 5.11 Å². The summed E-state index contributed by atoms with van der Waals surface area (Å²) in [5.74, 6) is 0. The Hall–Kier alpha value is -1.44. The number of hydrogen-bond donors (Lipinski definition) is 2. The molecule has 0 saturated carbocycles. The van der Waals surface area contributed by atoms with E-state index in [1.54, 1.807) is 6.20 Å². The normalized spacial score (nSPS) is 14.0.